The third kappa shape index (κ3) is 6.82. The average molecular weight is 290 g/mol. The molecule has 1 unspecified atom stereocenters. The highest BCUT2D eigenvalue weighted by molar-refractivity contribution is 5.29. The number of methoxy groups -OCH3 is 1. The van der Waals surface area contributed by atoms with Crippen LogP contribution in [0, 0.1) is 6.92 Å². The minimum Gasteiger partial charge on any atom is -0.508 e. The lowest BCUT2D eigenvalue weighted by molar-refractivity contribution is 0.414. The van der Waals surface area contributed by atoms with Crippen molar-refractivity contribution in [3.8, 4) is 11.5 Å². The SMILES string of the molecule is CCC(C)c1ccc(OC)cc1.Cc1ccc(O)cc1.O. The van der Waals surface area contributed by atoms with E-state index in [0.29, 0.717) is 11.7 Å². The first-order valence-electron chi connectivity index (χ1n) is 6.96. The molecule has 0 saturated carbocycles. The van der Waals surface area contributed by atoms with E-state index in [1.54, 1.807) is 19.2 Å². The van der Waals surface area contributed by atoms with E-state index in [4.69, 9.17) is 9.84 Å². The molecule has 0 aliphatic heterocycles. The summed E-state index contributed by atoms with van der Waals surface area (Å²) in [5, 5.41) is 8.76. The Morgan fingerprint density at radius 3 is 1.90 bits per heavy atom. The number of hydrogen-bond donors (Lipinski definition) is 1. The number of phenolic OH excluding ortho intramolecular Hbond substituents is 1. The lowest BCUT2D eigenvalue weighted by Crippen LogP contribution is -1.90. The highest BCUT2D eigenvalue weighted by atomic mass is 16.5. The van der Waals surface area contributed by atoms with Gasteiger partial charge in [-0.1, -0.05) is 43.7 Å². The van der Waals surface area contributed by atoms with Gasteiger partial charge in [-0.25, -0.2) is 0 Å². The largest absolute Gasteiger partial charge is 0.508 e. The predicted molar refractivity (Wildman–Crippen MR) is 88.2 cm³/mol. The molecular formula is C18H26O3. The van der Waals surface area contributed by atoms with Crippen LogP contribution in [0.2, 0.25) is 0 Å². The van der Waals surface area contributed by atoms with E-state index in [2.05, 4.69) is 26.0 Å². The van der Waals surface area contributed by atoms with Crippen molar-refractivity contribution in [2.45, 2.75) is 33.1 Å². The fourth-order valence-corrected chi connectivity index (χ4v) is 1.71. The van der Waals surface area contributed by atoms with E-state index in [1.807, 2.05) is 31.2 Å². The Balaban J connectivity index is 0.000000390. The number of ether oxygens (including phenoxy) is 1. The summed E-state index contributed by atoms with van der Waals surface area (Å²) in [6.45, 7) is 6.43. The van der Waals surface area contributed by atoms with Gasteiger partial charge in [-0.2, -0.15) is 0 Å². The normalized spacial score (nSPS) is 10.7. The van der Waals surface area contributed by atoms with Crippen molar-refractivity contribution in [2.24, 2.45) is 0 Å². The topological polar surface area (TPSA) is 61.0 Å². The number of aryl methyl sites for hydroxylation is 1. The molecule has 0 aliphatic carbocycles. The van der Waals surface area contributed by atoms with Crippen molar-refractivity contribution in [1.82, 2.24) is 0 Å². The van der Waals surface area contributed by atoms with Crippen LogP contribution in [-0.2, 0) is 0 Å². The van der Waals surface area contributed by atoms with E-state index in [9.17, 15) is 0 Å². The Kier molecular flexibility index (Phi) is 8.90. The molecule has 21 heavy (non-hydrogen) atoms. The Morgan fingerprint density at radius 1 is 1.00 bits per heavy atom. The van der Waals surface area contributed by atoms with Gasteiger partial charge in [0.25, 0.3) is 0 Å². The van der Waals surface area contributed by atoms with Gasteiger partial charge in [-0.05, 0) is 49.1 Å². The van der Waals surface area contributed by atoms with Gasteiger partial charge in [-0.15, -0.1) is 0 Å². The number of phenols is 1. The second kappa shape index (κ2) is 9.83. The molecule has 3 nitrogen and oxygen atoms in total. The van der Waals surface area contributed by atoms with Crippen molar-refractivity contribution in [3.63, 3.8) is 0 Å². The molecule has 2 aromatic rings. The van der Waals surface area contributed by atoms with E-state index >= 15 is 0 Å². The molecule has 0 aromatic heterocycles. The molecule has 0 heterocycles. The van der Waals surface area contributed by atoms with Crippen LogP contribution in [0.1, 0.15) is 37.3 Å². The Bertz CT molecular complexity index is 468. The molecule has 0 radical (unpaired) electrons. The summed E-state index contributed by atoms with van der Waals surface area (Å²) in [7, 11) is 1.69. The van der Waals surface area contributed by atoms with Crippen LogP contribution in [0.15, 0.2) is 48.5 Å². The van der Waals surface area contributed by atoms with Gasteiger partial charge in [0.05, 0.1) is 7.11 Å². The second-order valence-corrected chi connectivity index (χ2v) is 4.92. The minimum atomic E-state index is 0. The van der Waals surface area contributed by atoms with Crippen molar-refractivity contribution in [3.05, 3.63) is 59.7 Å². The number of aromatic hydroxyl groups is 1. The predicted octanol–water partition coefficient (Wildman–Crippen LogP) is 4.08. The number of benzene rings is 2. The first-order valence-corrected chi connectivity index (χ1v) is 6.96. The molecule has 1 atom stereocenters. The highest BCUT2D eigenvalue weighted by Gasteiger charge is 2.01. The van der Waals surface area contributed by atoms with Gasteiger partial charge in [0.2, 0.25) is 0 Å². The molecule has 0 amide bonds. The van der Waals surface area contributed by atoms with Crippen LogP contribution < -0.4 is 4.74 Å². The first-order chi connectivity index (χ1) is 9.56. The Hall–Kier alpha value is -2.00. The summed E-state index contributed by atoms with van der Waals surface area (Å²) in [5.74, 6) is 1.91. The third-order valence-electron chi connectivity index (χ3n) is 3.33. The van der Waals surface area contributed by atoms with Crippen molar-refractivity contribution in [2.75, 3.05) is 7.11 Å². The van der Waals surface area contributed by atoms with Crippen molar-refractivity contribution >= 4 is 0 Å². The summed E-state index contributed by atoms with van der Waals surface area (Å²) in [6, 6.07) is 15.4. The third-order valence-corrected chi connectivity index (χ3v) is 3.33. The van der Waals surface area contributed by atoms with E-state index in [0.717, 1.165) is 5.75 Å². The lowest BCUT2D eigenvalue weighted by atomic mass is 9.99. The zero-order valence-corrected chi connectivity index (χ0v) is 13.3. The standard InChI is InChI=1S/C11H16O.C7H8O.H2O/c1-4-9(2)10-5-7-11(12-3)8-6-10;1-6-2-4-7(8)5-3-6;/h5-9H,4H2,1-3H3;2-5,8H,1H3;1H2. The Labute approximate surface area is 127 Å². The molecule has 3 heteroatoms. The van der Waals surface area contributed by atoms with E-state index in [1.165, 1.54) is 17.5 Å². The molecular weight excluding hydrogens is 264 g/mol. The van der Waals surface area contributed by atoms with Crippen LogP contribution in [0.4, 0.5) is 0 Å². The molecule has 2 rings (SSSR count). The van der Waals surface area contributed by atoms with Gasteiger partial charge in [0, 0.05) is 0 Å². The summed E-state index contributed by atoms with van der Waals surface area (Å²) >= 11 is 0. The summed E-state index contributed by atoms with van der Waals surface area (Å²) in [6.07, 6.45) is 1.19. The fraction of sp³-hybridized carbons (Fsp3) is 0.333. The van der Waals surface area contributed by atoms with Crippen molar-refractivity contribution < 1.29 is 15.3 Å². The lowest BCUT2D eigenvalue weighted by Gasteiger charge is -2.08. The second-order valence-electron chi connectivity index (χ2n) is 4.92. The smallest absolute Gasteiger partial charge is 0.118 e. The monoisotopic (exact) mass is 290 g/mol. The maximum Gasteiger partial charge on any atom is 0.118 e. The van der Waals surface area contributed by atoms with Gasteiger partial charge < -0.3 is 15.3 Å². The van der Waals surface area contributed by atoms with Crippen LogP contribution in [0.25, 0.3) is 0 Å². The summed E-state index contributed by atoms with van der Waals surface area (Å²) in [5.41, 5.74) is 2.56. The fourth-order valence-electron chi connectivity index (χ4n) is 1.71. The number of rotatable bonds is 3. The van der Waals surface area contributed by atoms with E-state index < -0.39 is 0 Å². The summed E-state index contributed by atoms with van der Waals surface area (Å²) < 4.78 is 5.08. The molecule has 0 fully saturated rings. The zero-order chi connectivity index (χ0) is 15.0. The maximum atomic E-state index is 8.76. The van der Waals surface area contributed by atoms with Crippen LogP contribution in [0.3, 0.4) is 0 Å². The van der Waals surface area contributed by atoms with Crippen molar-refractivity contribution in [1.29, 1.82) is 0 Å². The highest BCUT2D eigenvalue weighted by Crippen LogP contribution is 2.20. The molecule has 2 aromatic carbocycles. The number of hydrogen-bond acceptors (Lipinski definition) is 2. The molecule has 3 N–H and O–H groups in total. The van der Waals surface area contributed by atoms with Crippen LogP contribution in [-0.4, -0.2) is 17.7 Å². The first kappa shape index (κ1) is 19.0. The van der Waals surface area contributed by atoms with E-state index in [-0.39, 0.29) is 5.48 Å². The van der Waals surface area contributed by atoms with Gasteiger partial charge in [-0.3, -0.25) is 0 Å². The van der Waals surface area contributed by atoms with Gasteiger partial charge in [0.15, 0.2) is 0 Å². The Morgan fingerprint density at radius 2 is 1.52 bits per heavy atom. The molecule has 0 saturated heterocycles. The van der Waals surface area contributed by atoms with Gasteiger partial charge in [0.1, 0.15) is 11.5 Å². The average Bonchev–Trinajstić information content (AvgIpc) is 2.50. The zero-order valence-electron chi connectivity index (χ0n) is 13.3. The summed E-state index contributed by atoms with van der Waals surface area (Å²) in [4.78, 5) is 0. The van der Waals surface area contributed by atoms with Gasteiger partial charge >= 0.3 is 0 Å². The molecule has 0 spiro atoms. The minimum absolute atomic E-state index is 0. The quantitative estimate of drug-likeness (QED) is 0.925. The van der Waals surface area contributed by atoms with Crippen LogP contribution >= 0.6 is 0 Å². The maximum absolute atomic E-state index is 8.76. The molecule has 116 valence electrons. The molecule has 0 aliphatic rings. The van der Waals surface area contributed by atoms with Crippen LogP contribution in [0.5, 0.6) is 11.5 Å². The molecule has 0 bridgehead atoms.